The lowest BCUT2D eigenvalue weighted by Gasteiger charge is -2.35. The molecule has 0 radical (unpaired) electrons. The average molecular weight is 424 g/mol. The number of rotatable bonds is 4. The number of aryl methyl sites for hydroxylation is 1. The van der Waals surface area contributed by atoms with E-state index in [1.54, 1.807) is 4.90 Å². The summed E-state index contributed by atoms with van der Waals surface area (Å²) in [4.78, 5) is 35.2. The van der Waals surface area contributed by atoms with Crippen LogP contribution in [-0.2, 0) is 13.2 Å². The van der Waals surface area contributed by atoms with Gasteiger partial charge < -0.3 is 14.9 Å². The molecule has 0 aromatic carbocycles. The topological polar surface area (TPSA) is 104 Å². The van der Waals surface area contributed by atoms with Gasteiger partial charge in [-0.2, -0.15) is 18.3 Å². The summed E-state index contributed by atoms with van der Waals surface area (Å²) < 4.78 is 40.9. The maximum atomic E-state index is 13.2. The Kier molecular flexibility index (Phi) is 4.86. The highest BCUT2D eigenvalue weighted by Gasteiger charge is 2.37. The molecule has 3 heterocycles. The molecule has 2 aliphatic rings. The second kappa shape index (κ2) is 7.26. The highest BCUT2D eigenvalue weighted by Crippen LogP contribution is 2.41. The zero-order valence-electron chi connectivity index (χ0n) is 16.1. The number of carbonyl (C=O) groups excluding carboxylic acids is 1. The number of carbonyl (C=O) groups is 2. The van der Waals surface area contributed by atoms with Crippen LogP contribution in [0, 0.1) is 0 Å². The van der Waals surface area contributed by atoms with Crippen molar-refractivity contribution in [2.75, 3.05) is 31.1 Å². The molecule has 0 spiro atoms. The number of halogens is 3. The maximum absolute atomic E-state index is 13.2. The third kappa shape index (κ3) is 3.81. The number of alkyl halides is 3. The van der Waals surface area contributed by atoms with Crippen molar-refractivity contribution in [1.29, 1.82) is 0 Å². The number of amides is 1. The van der Waals surface area contributed by atoms with E-state index in [4.69, 9.17) is 0 Å². The van der Waals surface area contributed by atoms with Crippen molar-refractivity contribution in [3.63, 3.8) is 0 Å². The molecule has 1 saturated carbocycles. The highest BCUT2D eigenvalue weighted by atomic mass is 19.4. The SMILES string of the molecule is Cn1ncc(C(=O)O)c1C(=O)N1CCN(c2nc(C3CC3)cc(C(F)(F)F)n2)CC1. The maximum Gasteiger partial charge on any atom is 0.433 e. The number of aromatic carboxylic acids is 1. The highest BCUT2D eigenvalue weighted by molar-refractivity contribution is 6.03. The lowest BCUT2D eigenvalue weighted by atomic mass is 10.2. The summed E-state index contributed by atoms with van der Waals surface area (Å²) in [5.74, 6) is -1.70. The van der Waals surface area contributed by atoms with E-state index < -0.39 is 23.7 Å². The van der Waals surface area contributed by atoms with E-state index in [9.17, 15) is 27.9 Å². The summed E-state index contributed by atoms with van der Waals surface area (Å²) in [6.45, 7) is 0.859. The number of piperazine rings is 1. The van der Waals surface area contributed by atoms with E-state index in [1.165, 1.54) is 16.6 Å². The minimum absolute atomic E-state index is 0.00517. The lowest BCUT2D eigenvalue weighted by molar-refractivity contribution is -0.141. The molecule has 30 heavy (non-hydrogen) atoms. The van der Waals surface area contributed by atoms with Gasteiger partial charge in [0.15, 0.2) is 0 Å². The zero-order valence-corrected chi connectivity index (χ0v) is 16.1. The fourth-order valence-electron chi connectivity index (χ4n) is 3.43. The first kappa shape index (κ1) is 20.1. The van der Waals surface area contributed by atoms with Crippen LogP contribution >= 0.6 is 0 Å². The molecule has 0 atom stereocenters. The van der Waals surface area contributed by atoms with Crippen LogP contribution in [0.4, 0.5) is 19.1 Å². The van der Waals surface area contributed by atoms with Gasteiger partial charge in [-0.3, -0.25) is 9.48 Å². The van der Waals surface area contributed by atoms with E-state index in [1.807, 2.05) is 0 Å². The van der Waals surface area contributed by atoms with E-state index in [2.05, 4.69) is 15.1 Å². The van der Waals surface area contributed by atoms with Crippen LogP contribution in [0.25, 0.3) is 0 Å². The van der Waals surface area contributed by atoms with Crippen molar-refractivity contribution in [3.8, 4) is 0 Å². The quantitative estimate of drug-likeness (QED) is 0.798. The van der Waals surface area contributed by atoms with Crippen LogP contribution in [0.3, 0.4) is 0 Å². The molecular formula is C18H19F3N6O3. The Hall–Kier alpha value is -3.18. The molecule has 1 amide bonds. The molecule has 1 saturated heterocycles. The number of nitrogens with zero attached hydrogens (tertiary/aromatic N) is 6. The number of hydrogen-bond acceptors (Lipinski definition) is 6. The van der Waals surface area contributed by atoms with Crippen LogP contribution in [0.15, 0.2) is 12.3 Å². The Morgan fingerprint density at radius 3 is 2.37 bits per heavy atom. The summed E-state index contributed by atoms with van der Waals surface area (Å²) in [6, 6.07) is 1.01. The minimum Gasteiger partial charge on any atom is -0.478 e. The van der Waals surface area contributed by atoms with Gasteiger partial charge in [-0.15, -0.1) is 0 Å². The van der Waals surface area contributed by atoms with Crippen molar-refractivity contribution in [1.82, 2.24) is 24.6 Å². The van der Waals surface area contributed by atoms with Crippen LogP contribution in [0.2, 0.25) is 0 Å². The first-order valence-electron chi connectivity index (χ1n) is 9.41. The summed E-state index contributed by atoms with van der Waals surface area (Å²) in [6.07, 6.45) is -1.83. The van der Waals surface area contributed by atoms with Gasteiger partial charge in [0, 0.05) is 44.8 Å². The van der Waals surface area contributed by atoms with E-state index in [-0.39, 0.29) is 49.3 Å². The molecule has 1 N–H and O–H groups in total. The van der Waals surface area contributed by atoms with Crippen LogP contribution < -0.4 is 4.90 Å². The van der Waals surface area contributed by atoms with Crippen LogP contribution in [0.1, 0.15) is 51.0 Å². The van der Waals surface area contributed by atoms with E-state index in [0.29, 0.717) is 5.69 Å². The third-order valence-corrected chi connectivity index (χ3v) is 5.24. The standard InChI is InChI=1S/C18H19F3N6O3/c1-25-14(11(9-22-25)16(29)30)15(28)26-4-6-27(7-5-26)17-23-12(10-2-3-10)8-13(24-17)18(19,20)21/h8-10H,2-7H2,1H3,(H,29,30). The molecule has 0 unspecified atom stereocenters. The summed E-state index contributed by atoms with van der Waals surface area (Å²) in [5, 5.41) is 13.1. The predicted molar refractivity (Wildman–Crippen MR) is 97.3 cm³/mol. The normalized spacial score (nSPS) is 17.3. The van der Waals surface area contributed by atoms with Crippen molar-refractivity contribution < 1.29 is 27.9 Å². The predicted octanol–water partition coefficient (Wildman–Crippen LogP) is 1.77. The molecule has 12 heteroatoms. The molecular weight excluding hydrogens is 405 g/mol. The zero-order chi connectivity index (χ0) is 21.6. The summed E-state index contributed by atoms with van der Waals surface area (Å²) in [5.41, 5.74) is -0.803. The Bertz CT molecular complexity index is 994. The summed E-state index contributed by atoms with van der Waals surface area (Å²) >= 11 is 0. The molecule has 2 aromatic heterocycles. The minimum atomic E-state index is -4.56. The fraction of sp³-hybridized carbons (Fsp3) is 0.500. The largest absolute Gasteiger partial charge is 0.478 e. The number of anilines is 1. The molecule has 2 aromatic rings. The molecule has 1 aliphatic heterocycles. The van der Waals surface area contributed by atoms with E-state index >= 15 is 0 Å². The van der Waals surface area contributed by atoms with Crippen LogP contribution in [-0.4, -0.2) is 67.8 Å². The van der Waals surface area contributed by atoms with Gasteiger partial charge in [0.25, 0.3) is 5.91 Å². The summed E-state index contributed by atoms with van der Waals surface area (Å²) in [7, 11) is 1.48. The third-order valence-electron chi connectivity index (χ3n) is 5.24. The second-order valence-electron chi connectivity index (χ2n) is 7.36. The monoisotopic (exact) mass is 424 g/mol. The second-order valence-corrected chi connectivity index (χ2v) is 7.36. The number of carboxylic acid groups (broad SMARTS) is 1. The first-order chi connectivity index (χ1) is 14.1. The number of carboxylic acids is 1. The Labute approximate surface area is 169 Å². The van der Waals surface area contributed by atoms with Gasteiger partial charge in [0.05, 0.1) is 6.20 Å². The van der Waals surface area contributed by atoms with Gasteiger partial charge in [0.1, 0.15) is 17.0 Å². The van der Waals surface area contributed by atoms with Gasteiger partial charge in [-0.1, -0.05) is 0 Å². The van der Waals surface area contributed by atoms with Crippen molar-refractivity contribution >= 4 is 17.8 Å². The van der Waals surface area contributed by atoms with E-state index in [0.717, 1.165) is 25.1 Å². The average Bonchev–Trinajstić information content (AvgIpc) is 3.48. The van der Waals surface area contributed by atoms with Crippen molar-refractivity contribution in [2.45, 2.75) is 24.9 Å². The van der Waals surface area contributed by atoms with Gasteiger partial charge in [-0.05, 0) is 18.9 Å². The number of hydrogen-bond donors (Lipinski definition) is 1. The first-order valence-corrected chi connectivity index (χ1v) is 9.41. The van der Waals surface area contributed by atoms with Crippen LogP contribution in [0.5, 0.6) is 0 Å². The molecule has 4 rings (SSSR count). The van der Waals surface area contributed by atoms with Crippen molar-refractivity contribution in [3.05, 3.63) is 34.9 Å². The molecule has 0 bridgehead atoms. The van der Waals surface area contributed by atoms with Gasteiger partial charge in [0.2, 0.25) is 5.95 Å². The van der Waals surface area contributed by atoms with Crippen molar-refractivity contribution in [2.24, 2.45) is 7.05 Å². The fourth-order valence-corrected chi connectivity index (χ4v) is 3.43. The molecule has 160 valence electrons. The smallest absolute Gasteiger partial charge is 0.433 e. The number of aromatic nitrogens is 4. The van der Waals surface area contributed by atoms with Gasteiger partial charge in [-0.25, -0.2) is 14.8 Å². The Morgan fingerprint density at radius 2 is 1.80 bits per heavy atom. The molecule has 2 fully saturated rings. The Morgan fingerprint density at radius 1 is 1.13 bits per heavy atom. The molecule has 1 aliphatic carbocycles. The van der Waals surface area contributed by atoms with Gasteiger partial charge >= 0.3 is 12.1 Å². The Balaban J connectivity index is 1.51. The molecule has 9 nitrogen and oxygen atoms in total. The lowest BCUT2D eigenvalue weighted by Crippen LogP contribution is -2.50.